The van der Waals surface area contributed by atoms with Crippen LogP contribution in [0.15, 0.2) is 18.3 Å². The monoisotopic (exact) mass is 234 g/mol. The van der Waals surface area contributed by atoms with Gasteiger partial charge in [0.15, 0.2) is 0 Å². The first kappa shape index (κ1) is 12.3. The number of likely N-dealkylation sites (tertiary alicyclic amines) is 1. The third-order valence-corrected chi connectivity index (χ3v) is 3.85. The summed E-state index contributed by atoms with van der Waals surface area (Å²) in [6.45, 7) is 6.74. The smallest absolute Gasteiger partial charge is 0.0565 e. The van der Waals surface area contributed by atoms with Crippen molar-refractivity contribution in [2.75, 3.05) is 12.0 Å². The number of hydrogen-bond donors (Lipinski definition) is 2. The van der Waals surface area contributed by atoms with Crippen molar-refractivity contribution in [3.63, 3.8) is 0 Å². The first-order valence-electron chi connectivity index (χ1n) is 6.36. The first-order valence-corrected chi connectivity index (χ1v) is 6.36. The minimum absolute atomic E-state index is 0.639. The molecule has 1 aliphatic rings. The molecule has 0 bridgehead atoms. The molecule has 17 heavy (non-hydrogen) atoms. The van der Waals surface area contributed by atoms with Gasteiger partial charge < -0.3 is 5.43 Å². The minimum atomic E-state index is 0.639. The zero-order valence-corrected chi connectivity index (χ0v) is 10.7. The van der Waals surface area contributed by atoms with E-state index < -0.39 is 0 Å². The van der Waals surface area contributed by atoms with Crippen LogP contribution in [-0.4, -0.2) is 22.5 Å². The summed E-state index contributed by atoms with van der Waals surface area (Å²) < 4.78 is 0. The van der Waals surface area contributed by atoms with Gasteiger partial charge in [0.05, 0.1) is 11.4 Å². The van der Waals surface area contributed by atoms with E-state index in [1.54, 1.807) is 0 Å². The molecule has 2 heterocycles. The summed E-state index contributed by atoms with van der Waals surface area (Å²) in [6.07, 6.45) is 4.44. The zero-order chi connectivity index (χ0) is 12.3. The Kier molecular flexibility index (Phi) is 3.97. The molecule has 0 radical (unpaired) electrons. The maximum Gasteiger partial charge on any atom is 0.0565 e. The third-order valence-electron chi connectivity index (χ3n) is 3.85. The molecule has 94 valence electrons. The topological polar surface area (TPSA) is 54.2 Å². The molecule has 1 aliphatic heterocycles. The Morgan fingerprint density at radius 3 is 3.12 bits per heavy atom. The van der Waals surface area contributed by atoms with Gasteiger partial charge in [0, 0.05) is 18.8 Å². The lowest BCUT2D eigenvalue weighted by atomic mass is 9.92. The van der Waals surface area contributed by atoms with Crippen LogP contribution in [0, 0.1) is 5.92 Å². The molecule has 2 unspecified atom stereocenters. The van der Waals surface area contributed by atoms with E-state index >= 15 is 0 Å². The number of hydrazine groups is 1. The van der Waals surface area contributed by atoms with Crippen LogP contribution in [0.5, 0.6) is 0 Å². The van der Waals surface area contributed by atoms with Gasteiger partial charge >= 0.3 is 0 Å². The molecule has 2 atom stereocenters. The van der Waals surface area contributed by atoms with Crippen LogP contribution in [0.4, 0.5) is 5.69 Å². The van der Waals surface area contributed by atoms with E-state index in [9.17, 15) is 0 Å². The average molecular weight is 234 g/mol. The van der Waals surface area contributed by atoms with E-state index in [1.165, 1.54) is 19.4 Å². The maximum absolute atomic E-state index is 5.41. The van der Waals surface area contributed by atoms with Crippen molar-refractivity contribution < 1.29 is 0 Å². The minimum Gasteiger partial charge on any atom is -0.324 e. The molecular formula is C13H22N4. The van der Waals surface area contributed by atoms with Crippen LogP contribution >= 0.6 is 0 Å². The van der Waals surface area contributed by atoms with Gasteiger partial charge in [-0.3, -0.25) is 15.7 Å². The Morgan fingerprint density at radius 2 is 2.35 bits per heavy atom. The fourth-order valence-electron chi connectivity index (χ4n) is 2.51. The highest BCUT2D eigenvalue weighted by atomic mass is 15.2. The Balaban J connectivity index is 2.04. The second kappa shape index (κ2) is 5.47. The zero-order valence-electron chi connectivity index (χ0n) is 10.7. The van der Waals surface area contributed by atoms with Crippen LogP contribution in [0.2, 0.25) is 0 Å². The molecule has 0 spiro atoms. The Hall–Kier alpha value is -1.13. The summed E-state index contributed by atoms with van der Waals surface area (Å²) in [7, 11) is 0. The van der Waals surface area contributed by atoms with Crippen molar-refractivity contribution in [3.05, 3.63) is 24.0 Å². The van der Waals surface area contributed by atoms with Crippen LogP contribution in [0.1, 0.15) is 32.4 Å². The third kappa shape index (κ3) is 2.96. The van der Waals surface area contributed by atoms with Crippen molar-refractivity contribution in [2.45, 2.75) is 39.3 Å². The van der Waals surface area contributed by atoms with Crippen molar-refractivity contribution in [1.82, 2.24) is 9.88 Å². The van der Waals surface area contributed by atoms with Crippen molar-refractivity contribution in [3.8, 4) is 0 Å². The van der Waals surface area contributed by atoms with Gasteiger partial charge in [-0.2, -0.15) is 0 Å². The Bertz CT molecular complexity index is 366. The Labute approximate surface area is 103 Å². The molecule has 1 saturated heterocycles. The first-order chi connectivity index (χ1) is 8.20. The highest BCUT2D eigenvalue weighted by Crippen LogP contribution is 2.24. The second-order valence-electron chi connectivity index (χ2n) is 5.01. The number of rotatable bonds is 3. The fraction of sp³-hybridized carbons (Fsp3) is 0.615. The van der Waals surface area contributed by atoms with E-state index in [0.29, 0.717) is 6.04 Å². The van der Waals surface area contributed by atoms with Crippen LogP contribution in [0.25, 0.3) is 0 Å². The number of nitrogens with zero attached hydrogens (tertiary/aromatic N) is 2. The second-order valence-corrected chi connectivity index (χ2v) is 5.01. The van der Waals surface area contributed by atoms with Gasteiger partial charge in [0.2, 0.25) is 0 Å². The highest BCUT2D eigenvalue weighted by molar-refractivity contribution is 5.41. The number of nitrogens with two attached hydrogens (primary N) is 1. The van der Waals surface area contributed by atoms with Crippen molar-refractivity contribution in [1.29, 1.82) is 0 Å². The maximum atomic E-state index is 5.41. The van der Waals surface area contributed by atoms with Gasteiger partial charge in [-0.1, -0.05) is 6.92 Å². The summed E-state index contributed by atoms with van der Waals surface area (Å²) in [4.78, 5) is 6.91. The van der Waals surface area contributed by atoms with E-state index in [-0.39, 0.29) is 0 Å². The van der Waals surface area contributed by atoms with Gasteiger partial charge in [-0.25, -0.2) is 0 Å². The predicted molar refractivity (Wildman–Crippen MR) is 70.3 cm³/mol. The summed E-state index contributed by atoms with van der Waals surface area (Å²) in [5, 5.41) is 0. The summed E-state index contributed by atoms with van der Waals surface area (Å²) >= 11 is 0. The number of piperidine rings is 1. The van der Waals surface area contributed by atoms with E-state index in [4.69, 9.17) is 5.84 Å². The molecule has 0 saturated carbocycles. The number of aromatic nitrogens is 1. The molecule has 1 fully saturated rings. The summed E-state index contributed by atoms with van der Waals surface area (Å²) in [5.74, 6) is 6.19. The lowest BCUT2D eigenvalue weighted by Gasteiger charge is -2.37. The van der Waals surface area contributed by atoms with E-state index in [1.807, 2.05) is 18.3 Å². The quantitative estimate of drug-likeness (QED) is 0.620. The molecule has 1 aromatic rings. The van der Waals surface area contributed by atoms with Gasteiger partial charge in [0.25, 0.3) is 0 Å². The molecule has 3 N–H and O–H groups in total. The molecule has 4 nitrogen and oxygen atoms in total. The van der Waals surface area contributed by atoms with Crippen molar-refractivity contribution >= 4 is 5.69 Å². The number of pyridine rings is 1. The van der Waals surface area contributed by atoms with Gasteiger partial charge in [0.1, 0.15) is 0 Å². The van der Waals surface area contributed by atoms with Gasteiger partial charge in [-0.05, 0) is 44.4 Å². The molecule has 0 aliphatic carbocycles. The molecule has 0 amide bonds. The average Bonchev–Trinajstić information content (AvgIpc) is 2.35. The van der Waals surface area contributed by atoms with Crippen LogP contribution < -0.4 is 11.3 Å². The molecule has 4 heteroatoms. The standard InChI is InChI=1S/C13H22N4/c1-10-4-3-7-17(11(10)2)9-13-8-12(16-14)5-6-15-13/h5-6,8,10-11H,3-4,7,9,14H2,1-2H3,(H,15,16). The van der Waals surface area contributed by atoms with Crippen LogP contribution in [-0.2, 0) is 6.54 Å². The lowest BCUT2D eigenvalue weighted by molar-refractivity contribution is 0.105. The molecule has 0 aromatic carbocycles. The summed E-state index contributed by atoms with van der Waals surface area (Å²) in [5.41, 5.74) is 4.67. The number of nitrogens with one attached hydrogen (secondary N) is 1. The SMILES string of the molecule is CC1CCCN(Cc2cc(NN)ccn2)C1C. The Morgan fingerprint density at radius 1 is 1.53 bits per heavy atom. The number of anilines is 1. The number of hydrogen-bond acceptors (Lipinski definition) is 4. The lowest BCUT2D eigenvalue weighted by Crippen LogP contribution is -2.41. The normalized spacial score (nSPS) is 25.8. The predicted octanol–water partition coefficient (Wildman–Crippen LogP) is 1.99. The van der Waals surface area contributed by atoms with Crippen LogP contribution in [0.3, 0.4) is 0 Å². The number of nitrogen functional groups attached to an aromatic ring is 1. The molecular weight excluding hydrogens is 212 g/mol. The molecule has 2 rings (SSSR count). The summed E-state index contributed by atoms with van der Waals surface area (Å²) in [6, 6.07) is 4.54. The van der Waals surface area contributed by atoms with Crippen molar-refractivity contribution in [2.24, 2.45) is 11.8 Å². The van der Waals surface area contributed by atoms with E-state index in [2.05, 4.69) is 29.2 Å². The fourth-order valence-corrected chi connectivity index (χ4v) is 2.51. The van der Waals surface area contributed by atoms with E-state index in [0.717, 1.165) is 23.8 Å². The van der Waals surface area contributed by atoms with Gasteiger partial charge in [-0.15, -0.1) is 0 Å². The highest BCUT2D eigenvalue weighted by Gasteiger charge is 2.24. The largest absolute Gasteiger partial charge is 0.324 e. The molecule has 1 aromatic heterocycles.